The largest absolute Gasteiger partial charge is 0.493 e. The number of benzene rings is 1. The third-order valence-electron chi connectivity index (χ3n) is 4.87. The van der Waals surface area contributed by atoms with Crippen molar-refractivity contribution in [3.63, 3.8) is 0 Å². The first kappa shape index (κ1) is 18.8. The molecular weight excluding hydrogens is 455 g/mol. The average Bonchev–Trinajstić information content (AvgIpc) is 2.63. The van der Waals surface area contributed by atoms with Crippen LogP contribution < -0.4 is 14.8 Å². The molecule has 0 saturated carbocycles. The molecule has 0 aromatic heterocycles. The van der Waals surface area contributed by atoms with E-state index in [1.165, 1.54) is 0 Å². The molecule has 4 rings (SSSR count). The number of fused-ring (bicyclic) bond motifs is 3. The number of rotatable bonds is 6. The highest BCUT2D eigenvalue weighted by molar-refractivity contribution is 14.1. The topological polar surface area (TPSA) is 50.8 Å². The molecule has 1 aromatic carbocycles. The van der Waals surface area contributed by atoms with Crippen molar-refractivity contribution in [2.75, 3.05) is 33.4 Å². The van der Waals surface area contributed by atoms with Crippen LogP contribution in [0, 0.1) is 5.92 Å². The Labute approximate surface area is 166 Å². The van der Waals surface area contributed by atoms with Gasteiger partial charge in [0.2, 0.25) is 0 Å². The molecule has 3 aliphatic rings. The van der Waals surface area contributed by atoms with Crippen LogP contribution in [0.3, 0.4) is 0 Å². The van der Waals surface area contributed by atoms with Crippen molar-refractivity contribution < 1.29 is 14.3 Å². The zero-order valence-electron chi connectivity index (χ0n) is 14.1. The van der Waals surface area contributed by atoms with Crippen LogP contribution in [0.4, 0.5) is 0 Å². The Balaban J connectivity index is 1.81. The summed E-state index contributed by atoms with van der Waals surface area (Å²) in [4.78, 5) is 15.3. The summed E-state index contributed by atoms with van der Waals surface area (Å²) in [5, 5.41) is 3.63. The van der Waals surface area contributed by atoms with E-state index in [1.807, 2.05) is 10.2 Å². The molecule has 1 aromatic rings. The average molecular weight is 477 g/mol. The smallest absolute Gasteiger partial charge is 0.255 e. The number of nitrogens with zero attached hydrogens (tertiary/aromatic N) is 1. The number of carbonyl (C=O) groups excluding carboxylic acids is 1. The maximum absolute atomic E-state index is 12.9. The fourth-order valence-corrected chi connectivity index (χ4v) is 4.00. The highest BCUT2D eigenvalue weighted by atomic mass is 127. The summed E-state index contributed by atoms with van der Waals surface area (Å²) < 4.78 is 13.0. The van der Waals surface area contributed by atoms with E-state index in [0.717, 1.165) is 32.5 Å². The SMILES string of the molecule is COc1cc(Cl)cc(C(=O)N[C@@H]2CN3CCC2CC3)c1OC/C=C/I. The molecule has 136 valence electrons. The van der Waals surface area contributed by atoms with Gasteiger partial charge in [-0.2, -0.15) is 0 Å². The van der Waals surface area contributed by atoms with Gasteiger partial charge in [0, 0.05) is 23.7 Å². The van der Waals surface area contributed by atoms with E-state index in [0.29, 0.717) is 34.6 Å². The van der Waals surface area contributed by atoms with E-state index in [9.17, 15) is 4.79 Å². The van der Waals surface area contributed by atoms with E-state index in [4.69, 9.17) is 21.1 Å². The molecule has 0 spiro atoms. The lowest BCUT2D eigenvalue weighted by Gasteiger charge is -2.44. The quantitative estimate of drug-likeness (QED) is 0.639. The summed E-state index contributed by atoms with van der Waals surface area (Å²) in [6.45, 7) is 3.56. The van der Waals surface area contributed by atoms with Crippen LogP contribution in [0.25, 0.3) is 0 Å². The van der Waals surface area contributed by atoms with Crippen LogP contribution in [0.1, 0.15) is 23.2 Å². The van der Waals surface area contributed by atoms with Crippen LogP contribution >= 0.6 is 34.2 Å². The van der Waals surface area contributed by atoms with Gasteiger partial charge in [0.1, 0.15) is 6.61 Å². The minimum Gasteiger partial charge on any atom is -0.493 e. The Morgan fingerprint density at radius 1 is 1.44 bits per heavy atom. The summed E-state index contributed by atoms with van der Waals surface area (Å²) in [7, 11) is 1.54. The molecule has 5 nitrogen and oxygen atoms in total. The maximum atomic E-state index is 12.9. The fraction of sp³-hybridized carbons (Fsp3) is 0.500. The number of hydrogen-bond donors (Lipinski definition) is 1. The van der Waals surface area contributed by atoms with E-state index in [-0.39, 0.29) is 11.9 Å². The van der Waals surface area contributed by atoms with Crippen molar-refractivity contribution in [3.05, 3.63) is 32.9 Å². The molecule has 3 aliphatic heterocycles. The van der Waals surface area contributed by atoms with Crippen LogP contribution in [0.5, 0.6) is 11.5 Å². The first-order chi connectivity index (χ1) is 12.1. The van der Waals surface area contributed by atoms with Gasteiger partial charge in [-0.25, -0.2) is 0 Å². The van der Waals surface area contributed by atoms with Gasteiger partial charge in [0.25, 0.3) is 5.91 Å². The second-order valence-electron chi connectivity index (χ2n) is 6.38. The molecule has 3 fully saturated rings. The number of methoxy groups -OCH3 is 1. The van der Waals surface area contributed by atoms with Crippen LogP contribution in [-0.2, 0) is 0 Å². The molecule has 3 saturated heterocycles. The first-order valence-corrected chi connectivity index (χ1v) is 10.0. The number of nitrogens with one attached hydrogen (secondary N) is 1. The highest BCUT2D eigenvalue weighted by Gasteiger charge is 2.35. The number of ether oxygens (including phenoxy) is 2. The summed E-state index contributed by atoms with van der Waals surface area (Å²) in [6.07, 6.45) is 4.16. The predicted octanol–water partition coefficient (Wildman–Crippen LogP) is 3.50. The number of amides is 1. The van der Waals surface area contributed by atoms with Crippen LogP contribution in [0.15, 0.2) is 22.3 Å². The standard InChI is InChI=1S/C18H22ClIN2O3/c1-24-16-10-13(19)9-14(17(16)25-8-2-5-20)18(23)21-15-11-22-6-3-12(15)4-7-22/h2,5,9-10,12,15H,3-4,6-8,11H2,1H3,(H,21,23)/b5-2+/t15-/m1/s1. The van der Waals surface area contributed by atoms with E-state index < -0.39 is 0 Å². The zero-order chi connectivity index (χ0) is 17.8. The summed E-state index contributed by atoms with van der Waals surface area (Å²) in [5.74, 6) is 1.29. The van der Waals surface area contributed by atoms with Crippen molar-refractivity contribution in [2.24, 2.45) is 5.92 Å². The number of carbonyl (C=O) groups is 1. The first-order valence-electron chi connectivity index (χ1n) is 8.41. The molecule has 3 heterocycles. The van der Waals surface area contributed by atoms with Crippen molar-refractivity contribution in [3.8, 4) is 11.5 Å². The summed E-state index contributed by atoms with van der Waals surface area (Å²) >= 11 is 8.30. The summed E-state index contributed by atoms with van der Waals surface area (Å²) in [5.41, 5.74) is 0.419. The van der Waals surface area contributed by atoms with Crippen molar-refractivity contribution in [1.29, 1.82) is 0 Å². The number of piperidine rings is 3. The lowest BCUT2D eigenvalue weighted by atomic mass is 9.84. The molecule has 7 heteroatoms. The molecule has 1 amide bonds. The number of hydrogen-bond acceptors (Lipinski definition) is 4. The second-order valence-corrected chi connectivity index (χ2v) is 7.53. The lowest BCUT2D eigenvalue weighted by molar-refractivity contribution is 0.0618. The van der Waals surface area contributed by atoms with Gasteiger partial charge >= 0.3 is 0 Å². The second kappa shape index (κ2) is 8.60. The Morgan fingerprint density at radius 2 is 2.20 bits per heavy atom. The van der Waals surface area contributed by atoms with Crippen LogP contribution in [0.2, 0.25) is 5.02 Å². The van der Waals surface area contributed by atoms with E-state index in [2.05, 4.69) is 32.8 Å². The van der Waals surface area contributed by atoms with E-state index >= 15 is 0 Å². The third-order valence-corrected chi connectivity index (χ3v) is 5.60. The molecule has 0 radical (unpaired) electrons. The van der Waals surface area contributed by atoms with Gasteiger partial charge in [-0.1, -0.05) is 34.2 Å². The van der Waals surface area contributed by atoms with Crippen molar-refractivity contribution >= 4 is 40.1 Å². The normalized spacial score (nSPS) is 25.2. The van der Waals surface area contributed by atoms with Gasteiger partial charge in [0.05, 0.1) is 12.7 Å². The number of halogens is 2. The Kier molecular flexibility index (Phi) is 6.46. The Bertz CT molecular complexity index is 660. The van der Waals surface area contributed by atoms with Crippen LogP contribution in [-0.4, -0.2) is 50.2 Å². The van der Waals surface area contributed by atoms with E-state index in [1.54, 1.807) is 19.2 Å². The van der Waals surface area contributed by atoms with Gasteiger partial charge < -0.3 is 19.7 Å². The fourth-order valence-electron chi connectivity index (χ4n) is 3.58. The molecule has 0 aliphatic carbocycles. The molecular formula is C18H22ClIN2O3. The monoisotopic (exact) mass is 476 g/mol. The molecule has 0 unspecified atom stereocenters. The van der Waals surface area contributed by atoms with Gasteiger partial charge in [-0.05, 0) is 48.1 Å². The van der Waals surface area contributed by atoms with Crippen molar-refractivity contribution in [1.82, 2.24) is 10.2 Å². The maximum Gasteiger partial charge on any atom is 0.255 e. The zero-order valence-corrected chi connectivity index (χ0v) is 17.0. The minimum atomic E-state index is -0.159. The van der Waals surface area contributed by atoms with Crippen molar-refractivity contribution in [2.45, 2.75) is 18.9 Å². The Morgan fingerprint density at radius 3 is 2.80 bits per heavy atom. The third kappa shape index (κ3) is 4.41. The highest BCUT2D eigenvalue weighted by Crippen LogP contribution is 2.35. The molecule has 2 bridgehead atoms. The lowest BCUT2D eigenvalue weighted by Crippen LogP contribution is -2.57. The molecule has 1 N–H and O–H groups in total. The summed E-state index contributed by atoms with van der Waals surface area (Å²) in [6, 6.07) is 3.49. The van der Waals surface area contributed by atoms with Gasteiger partial charge in [-0.3, -0.25) is 4.79 Å². The minimum absolute atomic E-state index is 0.159. The Hall–Kier alpha value is -0.990. The van der Waals surface area contributed by atoms with Gasteiger partial charge in [0.15, 0.2) is 11.5 Å². The molecule has 1 atom stereocenters. The molecule has 25 heavy (non-hydrogen) atoms. The van der Waals surface area contributed by atoms with Gasteiger partial charge in [-0.15, -0.1) is 0 Å². The predicted molar refractivity (Wildman–Crippen MR) is 107 cm³/mol.